The van der Waals surface area contributed by atoms with Crippen molar-refractivity contribution in [3.05, 3.63) is 62.9 Å². The highest BCUT2D eigenvalue weighted by molar-refractivity contribution is 7.11. The summed E-state index contributed by atoms with van der Waals surface area (Å²) in [7, 11) is 2.16. The van der Waals surface area contributed by atoms with Crippen LogP contribution in [0.3, 0.4) is 0 Å². The van der Waals surface area contributed by atoms with E-state index in [1.165, 1.54) is 27.7 Å². The molecule has 26 heavy (non-hydrogen) atoms. The van der Waals surface area contributed by atoms with Crippen LogP contribution in [0.25, 0.3) is 11.6 Å². The molecule has 5 heteroatoms. The summed E-state index contributed by atoms with van der Waals surface area (Å²) in [5.41, 5.74) is 5.95. The molecular weight excluding hydrogens is 346 g/mol. The zero-order valence-corrected chi connectivity index (χ0v) is 15.5. The predicted molar refractivity (Wildman–Crippen MR) is 105 cm³/mol. The fraction of sp³-hybridized carbons (Fsp3) is 0.286. The van der Waals surface area contributed by atoms with Crippen LogP contribution in [0.5, 0.6) is 5.75 Å². The number of carbonyl (C=O) groups is 1. The van der Waals surface area contributed by atoms with Gasteiger partial charge in [-0.3, -0.25) is 0 Å². The molecule has 1 aromatic heterocycles. The molecule has 134 valence electrons. The second kappa shape index (κ2) is 7.09. The second-order valence-electron chi connectivity index (χ2n) is 6.77. The van der Waals surface area contributed by atoms with Crippen LogP contribution < -0.4 is 4.74 Å². The molecule has 1 aromatic carbocycles. The van der Waals surface area contributed by atoms with E-state index in [0.717, 1.165) is 42.8 Å². The lowest BCUT2D eigenvalue weighted by Gasteiger charge is -2.26. The molecule has 0 saturated carbocycles. The van der Waals surface area contributed by atoms with Crippen molar-refractivity contribution in [2.24, 2.45) is 0 Å². The fourth-order valence-electron chi connectivity index (χ4n) is 3.58. The largest absolute Gasteiger partial charge is 0.488 e. The Kier molecular flexibility index (Phi) is 4.66. The maximum atomic E-state index is 10.9. The number of piperidine rings is 1. The first-order valence-electron chi connectivity index (χ1n) is 8.77. The highest BCUT2D eigenvalue weighted by Gasteiger charge is 2.25. The number of nitrogens with zero attached hydrogens (tertiary/aromatic N) is 1. The number of carboxylic acids is 1. The van der Waals surface area contributed by atoms with Crippen LogP contribution >= 0.6 is 11.3 Å². The smallest absolute Gasteiger partial charge is 0.328 e. The molecule has 1 N–H and O–H groups in total. The van der Waals surface area contributed by atoms with Crippen molar-refractivity contribution >= 4 is 29.0 Å². The van der Waals surface area contributed by atoms with Crippen molar-refractivity contribution < 1.29 is 14.6 Å². The third-order valence-electron chi connectivity index (χ3n) is 4.99. The van der Waals surface area contributed by atoms with E-state index in [2.05, 4.69) is 29.5 Å². The topological polar surface area (TPSA) is 49.8 Å². The van der Waals surface area contributed by atoms with E-state index in [1.54, 1.807) is 17.4 Å². The molecule has 0 bridgehead atoms. The van der Waals surface area contributed by atoms with Gasteiger partial charge >= 0.3 is 5.97 Å². The SMILES string of the molecule is CN1CCC(=C2c3cc(/C=C/C(=O)O)ccc3OCc3ccsc32)CC1. The maximum absolute atomic E-state index is 10.9. The Morgan fingerprint density at radius 1 is 1.27 bits per heavy atom. The Morgan fingerprint density at radius 2 is 2.08 bits per heavy atom. The number of rotatable bonds is 2. The lowest BCUT2D eigenvalue weighted by Crippen LogP contribution is -2.26. The molecule has 1 saturated heterocycles. The minimum atomic E-state index is -0.939. The summed E-state index contributed by atoms with van der Waals surface area (Å²) in [6, 6.07) is 8.08. The van der Waals surface area contributed by atoms with E-state index >= 15 is 0 Å². The summed E-state index contributed by atoms with van der Waals surface area (Å²) in [5.74, 6) is -0.0621. The van der Waals surface area contributed by atoms with E-state index < -0.39 is 5.97 Å². The zero-order valence-electron chi connectivity index (χ0n) is 14.7. The van der Waals surface area contributed by atoms with Gasteiger partial charge in [0.1, 0.15) is 12.4 Å². The number of aliphatic carboxylic acids is 1. The molecular formula is C21H21NO3S. The summed E-state index contributed by atoms with van der Waals surface area (Å²) >= 11 is 1.77. The van der Waals surface area contributed by atoms with Gasteiger partial charge in [-0.05, 0) is 55.1 Å². The van der Waals surface area contributed by atoms with Crippen molar-refractivity contribution in [2.45, 2.75) is 19.4 Å². The molecule has 1 fully saturated rings. The second-order valence-corrected chi connectivity index (χ2v) is 7.69. The van der Waals surface area contributed by atoms with Gasteiger partial charge in [0.05, 0.1) is 0 Å². The Bertz CT molecular complexity index is 900. The van der Waals surface area contributed by atoms with Gasteiger partial charge in [-0.2, -0.15) is 0 Å². The average Bonchev–Trinajstić information content (AvgIpc) is 3.03. The van der Waals surface area contributed by atoms with E-state index in [0.29, 0.717) is 6.61 Å². The Morgan fingerprint density at radius 3 is 2.85 bits per heavy atom. The normalized spacial score (nSPS) is 17.6. The molecule has 4 rings (SSSR count). The molecule has 2 aliphatic heterocycles. The Labute approximate surface area is 157 Å². The van der Waals surface area contributed by atoms with Crippen molar-refractivity contribution in [1.82, 2.24) is 4.90 Å². The number of fused-ring (bicyclic) bond motifs is 2. The number of benzene rings is 1. The highest BCUT2D eigenvalue weighted by Crippen LogP contribution is 2.43. The first-order valence-corrected chi connectivity index (χ1v) is 9.65. The summed E-state index contributed by atoms with van der Waals surface area (Å²) in [4.78, 5) is 14.5. The van der Waals surface area contributed by atoms with Gasteiger partial charge in [-0.15, -0.1) is 11.3 Å². The van der Waals surface area contributed by atoms with Crippen molar-refractivity contribution in [3.63, 3.8) is 0 Å². The van der Waals surface area contributed by atoms with E-state index in [9.17, 15) is 4.79 Å². The fourth-order valence-corrected chi connectivity index (χ4v) is 4.59. The molecule has 0 amide bonds. The van der Waals surface area contributed by atoms with Crippen LogP contribution in [0.15, 0.2) is 41.3 Å². The first-order chi connectivity index (χ1) is 12.6. The van der Waals surface area contributed by atoms with Gasteiger partial charge in [0.25, 0.3) is 0 Å². The van der Waals surface area contributed by atoms with E-state index in [1.807, 2.05) is 12.1 Å². The summed E-state index contributed by atoms with van der Waals surface area (Å²) in [5, 5.41) is 11.0. The third-order valence-corrected chi connectivity index (χ3v) is 5.97. The minimum absolute atomic E-state index is 0.576. The van der Waals surface area contributed by atoms with Crippen LogP contribution in [0, 0.1) is 0 Å². The molecule has 3 heterocycles. The van der Waals surface area contributed by atoms with E-state index in [-0.39, 0.29) is 0 Å². The van der Waals surface area contributed by atoms with Crippen LogP contribution in [0.2, 0.25) is 0 Å². The van der Waals surface area contributed by atoms with Gasteiger partial charge in [0.15, 0.2) is 0 Å². The van der Waals surface area contributed by atoms with Gasteiger partial charge in [-0.25, -0.2) is 4.79 Å². The number of carboxylic acid groups (broad SMARTS) is 1. The van der Waals surface area contributed by atoms with Gasteiger partial charge in [0.2, 0.25) is 0 Å². The van der Waals surface area contributed by atoms with Crippen LogP contribution in [-0.4, -0.2) is 36.1 Å². The summed E-state index contributed by atoms with van der Waals surface area (Å²) < 4.78 is 6.08. The van der Waals surface area contributed by atoms with Crippen molar-refractivity contribution in [3.8, 4) is 5.75 Å². The molecule has 0 atom stereocenters. The number of thiophene rings is 1. The zero-order chi connectivity index (χ0) is 18.1. The number of likely N-dealkylation sites (tertiary alicyclic amines) is 1. The quantitative estimate of drug-likeness (QED) is 0.806. The van der Waals surface area contributed by atoms with Crippen LogP contribution in [0.4, 0.5) is 0 Å². The Hall–Kier alpha value is -2.37. The van der Waals surface area contributed by atoms with Crippen molar-refractivity contribution in [1.29, 1.82) is 0 Å². The van der Waals surface area contributed by atoms with Gasteiger partial charge < -0.3 is 14.7 Å². The molecule has 0 aliphatic carbocycles. The summed E-state index contributed by atoms with van der Waals surface area (Å²) in [6.45, 7) is 2.70. The average molecular weight is 367 g/mol. The van der Waals surface area contributed by atoms with Crippen LogP contribution in [0.1, 0.15) is 34.4 Å². The Balaban J connectivity index is 1.87. The third kappa shape index (κ3) is 3.32. The molecule has 4 nitrogen and oxygen atoms in total. The molecule has 2 aliphatic rings. The van der Waals surface area contributed by atoms with Crippen LogP contribution in [-0.2, 0) is 11.4 Å². The lowest BCUT2D eigenvalue weighted by molar-refractivity contribution is -0.131. The summed E-state index contributed by atoms with van der Waals surface area (Å²) in [6.07, 6.45) is 4.92. The number of ether oxygens (including phenoxy) is 1. The molecule has 0 radical (unpaired) electrons. The number of hydrogen-bond donors (Lipinski definition) is 1. The standard InChI is InChI=1S/C21H21NO3S/c1-22-9-6-15(7-10-22)20-17-12-14(3-5-19(23)24)2-4-18(17)25-13-16-8-11-26-21(16)20/h2-5,8,11-12H,6-7,9-10,13H2,1H3,(H,23,24)/b5-3+. The van der Waals surface area contributed by atoms with Crippen molar-refractivity contribution in [2.75, 3.05) is 20.1 Å². The van der Waals surface area contributed by atoms with Gasteiger partial charge in [0, 0.05) is 40.7 Å². The monoisotopic (exact) mass is 367 g/mol. The van der Waals surface area contributed by atoms with Gasteiger partial charge in [-0.1, -0.05) is 11.6 Å². The van der Waals surface area contributed by atoms with E-state index in [4.69, 9.17) is 9.84 Å². The molecule has 0 unspecified atom stereocenters. The maximum Gasteiger partial charge on any atom is 0.328 e. The molecule has 2 aromatic rings. The number of hydrogen-bond acceptors (Lipinski definition) is 4. The first kappa shape index (κ1) is 17.1. The lowest BCUT2D eigenvalue weighted by atomic mass is 9.90. The highest BCUT2D eigenvalue weighted by atomic mass is 32.1. The minimum Gasteiger partial charge on any atom is -0.488 e. The molecule has 0 spiro atoms. The predicted octanol–water partition coefficient (Wildman–Crippen LogP) is 4.27.